The van der Waals surface area contributed by atoms with E-state index in [1.54, 1.807) is 36.4 Å². The Labute approximate surface area is 119 Å². The first-order valence-electron chi connectivity index (χ1n) is 5.63. The molecule has 0 spiro atoms. The Morgan fingerprint density at radius 1 is 1.00 bits per heavy atom. The molecule has 0 radical (unpaired) electrons. The summed E-state index contributed by atoms with van der Waals surface area (Å²) in [6.07, 6.45) is 0. The van der Waals surface area contributed by atoms with E-state index in [1.807, 2.05) is 0 Å². The van der Waals surface area contributed by atoms with Gasteiger partial charge in [-0.1, -0.05) is 46.3 Å². The van der Waals surface area contributed by atoms with Crippen molar-refractivity contribution in [1.82, 2.24) is 0 Å². The fourth-order valence-corrected chi connectivity index (χ4v) is 4.30. The van der Waals surface area contributed by atoms with Gasteiger partial charge in [-0.15, -0.1) is 0 Å². The molecule has 5 heteroatoms. The largest absolute Gasteiger partial charge is 0.293 e. The third-order valence-corrected chi connectivity index (χ3v) is 5.54. The zero-order valence-electron chi connectivity index (χ0n) is 9.76. The van der Waals surface area contributed by atoms with Crippen molar-refractivity contribution >= 4 is 31.6 Å². The van der Waals surface area contributed by atoms with Crippen LogP contribution in [0.4, 0.5) is 0 Å². The Bertz CT molecular complexity index is 794. The van der Waals surface area contributed by atoms with E-state index in [-0.39, 0.29) is 16.0 Å². The maximum Gasteiger partial charge on any atom is 0.207 e. The van der Waals surface area contributed by atoms with Crippen LogP contribution in [0.15, 0.2) is 52.3 Å². The number of ketones is 1. The molecule has 0 fully saturated rings. The number of carbonyl (C=O) groups excluding carboxylic acids is 1. The number of rotatable bonds is 2. The molecule has 1 heterocycles. The zero-order chi connectivity index (χ0) is 13.6. The summed E-state index contributed by atoms with van der Waals surface area (Å²) in [7, 11) is -3.50. The Morgan fingerprint density at radius 2 is 1.68 bits per heavy atom. The van der Waals surface area contributed by atoms with Crippen molar-refractivity contribution in [3.63, 3.8) is 0 Å². The van der Waals surface area contributed by atoms with E-state index in [0.717, 1.165) is 0 Å². The van der Waals surface area contributed by atoms with Gasteiger partial charge < -0.3 is 0 Å². The van der Waals surface area contributed by atoms with Gasteiger partial charge >= 0.3 is 0 Å². The quantitative estimate of drug-likeness (QED) is 0.533. The highest BCUT2D eigenvalue weighted by Gasteiger charge is 2.32. The summed E-state index contributed by atoms with van der Waals surface area (Å²) in [5.41, 5.74) is 1.78. The molecule has 96 valence electrons. The Hall–Kier alpha value is -1.46. The molecular formula is C14H9BrO3S. The van der Waals surface area contributed by atoms with Gasteiger partial charge in [-0.2, -0.15) is 0 Å². The SMILES string of the molecule is O=C(CBr)c1ccc2c(c1)S(=O)(=O)c1ccccc1-2. The van der Waals surface area contributed by atoms with Gasteiger partial charge in [0.15, 0.2) is 5.78 Å². The number of fused-ring (bicyclic) bond motifs is 3. The fraction of sp³-hybridized carbons (Fsp3) is 0.0714. The average molecular weight is 337 g/mol. The van der Waals surface area contributed by atoms with Gasteiger partial charge in [-0.25, -0.2) is 8.42 Å². The van der Waals surface area contributed by atoms with Crippen molar-refractivity contribution in [2.45, 2.75) is 9.79 Å². The second-order valence-electron chi connectivity index (χ2n) is 4.27. The van der Waals surface area contributed by atoms with E-state index in [9.17, 15) is 13.2 Å². The Balaban J connectivity index is 2.31. The van der Waals surface area contributed by atoms with E-state index in [2.05, 4.69) is 15.9 Å². The van der Waals surface area contributed by atoms with Gasteiger partial charge in [-0.05, 0) is 12.1 Å². The minimum atomic E-state index is -3.50. The second kappa shape index (κ2) is 4.28. The highest BCUT2D eigenvalue weighted by molar-refractivity contribution is 9.09. The molecule has 2 aromatic carbocycles. The van der Waals surface area contributed by atoms with Crippen LogP contribution >= 0.6 is 15.9 Å². The number of halogens is 1. The Morgan fingerprint density at radius 3 is 2.42 bits per heavy atom. The van der Waals surface area contributed by atoms with Gasteiger partial charge in [0.25, 0.3) is 0 Å². The molecule has 0 amide bonds. The first kappa shape index (κ1) is 12.6. The molecule has 0 N–H and O–H groups in total. The van der Waals surface area contributed by atoms with Crippen molar-refractivity contribution in [2.75, 3.05) is 5.33 Å². The molecule has 1 aliphatic rings. The molecule has 0 saturated carbocycles. The first-order valence-corrected chi connectivity index (χ1v) is 8.24. The lowest BCUT2D eigenvalue weighted by molar-refractivity contribution is 0.102. The molecule has 0 unspecified atom stereocenters. The second-order valence-corrected chi connectivity index (χ2v) is 6.71. The van der Waals surface area contributed by atoms with Crippen molar-refractivity contribution < 1.29 is 13.2 Å². The van der Waals surface area contributed by atoms with Crippen molar-refractivity contribution in [2.24, 2.45) is 0 Å². The maximum absolute atomic E-state index is 12.4. The third-order valence-electron chi connectivity index (χ3n) is 3.18. The van der Waals surface area contributed by atoms with Crippen LogP contribution < -0.4 is 0 Å². The number of carbonyl (C=O) groups is 1. The molecule has 3 rings (SSSR count). The smallest absolute Gasteiger partial charge is 0.207 e. The van der Waals surface area contributed by atoms with Crippen molar-refractivity contribution in [3.8, 4) is 11.1 Å². The lowest BCUT2D eigenvalue weighted by Gasteiger charge is -2.02. The predicted molar refractivity (Wildman–Crippen MR) is 75.5 cm³/mol. The predicted octanol–water partition coefficient (Wildman–Crippen LogP) is 3.08. The van der Waals surface area contributed by atoms with Crippen LogP contribution in [0.25, 0.3) is 11.1 Å². The van der Waals surface area contributed by atoms with Crippen LogP contribution in [0.2, 0.25) is 0 Å². The summed E-state index contributed by atoms with van der Waals surface area (Å²) in [6, 6.07) is 11.7. The highest BCUT2D eigenvalue weighted by atomic mass is 79.9. The number of sulfone groups is 1. The zero-order valence-corrected chi connectivity index (χ0v) is 12.2. The normalized spacial score (nSPS) is 14.8. The lowest BCUT2D eigenvalue weighted by atomic mass is 10.0. The highest BCUT2D eigenvalue weighted by Crippen LogP contribution is 2.43. The van der Waals surface area contributed by atoms with Crippen LogP contribution in [0.1, 0.15) is 10.4 Å². The summed E-state index contributed by atoms with van der Waals surface area (Å²) in [5.74, 6) is -0.131. The third kappa shape index (κ3) is 1.76. The van der Waals surface area contributed by atoms with Crippen LogP contribution in [-0.2, 0) is 9.84 Å². The topological polar surface area (TPSA) is 51.2 Å². The molecule has 1 aliphatic heterocycles. The summed E-state index contributed by atoms with van der Waals surface area (Å²) in [5, 5.41) is 0.179. The van der Waals surface area contributed by atoms with Crippen LogP contribution in [0.3, 0.4) is 0 Å². The fourth-order valence-electron chi connectivity index (χ4n) is 2.26. The van der Waals surface area contributed by atoms with Crippen molar-refractivity contribution in [1.29, 1.82) is 0 Å². The molecule has 0 atom stereocenters. The summed E-state index contributed by atoms with van der Waals surface area (Å²) < 4.78 is 24.8. The lowest BCUT2D eigenvalue weighted by Crippen LogP contribution is -2.02. The molecule has 0 aliphatic carbocycles. The number of hydrogen-bond donors (Lipinski definition) is 0. The number of alkyl halides is 1. The molecule has 0 aromatic heterocycles. The minimum Gasteiger partial charge on any atom is -0.293 e. The van der Waals surface area contributed by atoms with E-state index in [4.69, 9.17) is 0 Å². The van der Waals surface area contributed by atoms with Gasteiger partial charge in [0.1, 0.15) is 0 Å². The number of hydrogen-bond acceptors (Lipinski definition) is 3. The molecule has 2 aromatic rings. The average Bonchev–Trinajstić information content (AvgIpc) is 2.67. The molecular weight excluding hydrogens is 328 g/mol. The standard InChI is InChI=1S/C14H9BrO3S/c15-8-12(16)9-5-6-11-10-3-1-2-4-13(10)19(17,18)14(11)7-9/h1-7H,8H2. The van der Waals surface area contributed by atoms with Gasteiger partial charge in [-0.3, -0.25) is 4.79 Å². The van der Waals surface area contributed by atoms with E-state index in [0.29, 0.717) is 21.6 Å². The van der Waals surface area contributed by atoms with Crippen molar-refractivity contribution in [3.05, 3.63) is 48.0 Å². The maximum atomic E-state index is 12.4. The first-order chi connectivity index (χ1) is 9.05. The minimum absolute atomic E-state index is 0.131. The molecule has 3 nitrogen and oxygen atoms in total. The van der Waals surface area contributed by atoms with E-state index >= 15 is 0 Å². The molecule has 0 bridgehead atoms. The summed E-state index contributed by atoms with van der Waals surface area (Å²) in [6.45, 7) is 0. The van der Waals surface area contributed by atoms with Crippen LogP contribution in [0, 0.1) is 0 Å². The van der Waals surface area contributed by atoms with E-state index in [1.165, 1.54) is 6.07 Å². The van der Waals surface area contributed by atoms with Gasteiger partial charge in [0, 0.05) is 16.7 Å². The number of benzene rings is 2. The van der Waals surface area contributed by atoms with Gasteiger partial charge in [0.05, 0.1) is 15.1 Å². The number of Topliss-reactive ketones (excluding diaryl/α,β-unsaturated/α-hetero) is 1. The monoisotopic (exact) mass is 336 g/mol. The Kier molecular flexibility index (Phi) is 2.83. The summed E-state index contributed by atoms with van der Waals surface area (Å²) in [4.78, 5) is 12.2. The molecule has 19 heavy (non-hydrogen) atoms. The van der Waals surface area contributed by atoms with Gasteiger partial charge in [0.2, 0.25) is 9.84 Å². The molecule has 0 saturated heterocycles. The van der Waals surface area contributed by atoms with E-state index < -0.39 is 9.84 Å². The van der Waals surface area contributed by atoms with Crippen LogP contribution in [0.5, 0.6) is 0 Å². The summed E-state index contributed by atoms with van der Waals surface area (Å²) >= 11 is 3.09. The van der Waals surface area contributed by atoms with Crippen LogP contribution in [-0.4, -0.2) is 19.5 Å².